The Balaban J connectivity index is 2.11. The summed E-state index contributed by atoms with van der Waals surface area (Å²) in [7, 11) is 1.77. The third-order valence-electron chi connectivity index (χ3n) is 5.53. The minimum atomic E-state index is -0.375. The number of hydrogen-bond acceptors (Lipinski definition) is 6. The fraction of sp³-hybridized carbons (Fsp3) is 0.682. The van der Waals surface area contributed by atoms with E-state index in [1.165, 1.54) is 0 Å². The molecule has 0 unspecified atom stereocenters. The lowest BCUT2D eigenvalue weighted by atomic mass is 9.96. The molecule has 2 aromatic rings. The summed E-state index contributed by atoms with van der Waals surface area (Å²) in [6.45, 7) is 12.0. The Morgan fingerprint density at radius 1 is 1.28 bits per heavy atom. The number of esters is 1. The number of methoxy groups -OCH3 is 1. The zero-order valence-electron chi connectivity index (χ0n) is 18.4. The number of hydrogen-bond donors (Lipinski definition) is 0. The zero-order valence-corrected chi connectivity index (χ0v) is 18.4. The fourth-order valence-electron chi connectivity index (χ4n) is 4.09. The molecule has 7 heteroatoms. The first-order chi connectivity index (χ1) is 14.0. The topological polar surface area (TPSA) is 69.5 Å². The number of carbonyl (C=O) groups excluding carboxylic acids is 1. The second kappa shape index (κ2) is 9.57. The first-order valence-electron chi connectivity index (χ1n) is 10.8. The summed E-state index contributed by atoms with van der Waals surface area (Å²) in [5.74, 6) is 0.487. The zero-order chi connectivity index (χ0) is 21.0. The summed E-state index contributed by atoms with van der Waals surface area (Å²) >= 11 is 0. The molecule has 29 heavy (non-hydrogen) atoms. The number of aromatic nitrogens is 3. The standard InChI is InChI=1S/C22H34N4O3/c1-6-10-26-21-19(20(24-26)15(3)4)18(13-17(23-21)22(27)29-7-2)25-11-8-16(9-12-25)14-28-5/h13,15-16H,6-12,14H2,1-5H3. The molecule has 0 radical (unpaired) electrons. The van der Waals surface area contributed by atoms with E-state index in [9.17, 15) is 4.79 Å². The van der Waals surface area contributed by atoms with Crippen molar-refractivity contribution >= 4 is 22.7 Å². The molecule has 160 valence electrons. The maximum absolute atomic E-state index is 12.5. The van der Waals surface area contributed by atoms with Gasteiger partial charge in [-0.2, -0.15) is 5.10 Å². The molecule has 3 rings (SSSR count). The second-order valence-corrected chi connectivity index (χ2v) is 8.09. The highest BCUT2D eigenvalue weighted by molar-refractivity contribution is 5.98. The molecule has 2 aromatic heterocycles. The van der Waals surface area contributed by atoms with E-state index in [1.54, 1.807) is 7.11 Å². The third kappa shape index (κ3) is 4.55. The van der Waals surface area contributed by atoms with Crippen molar-refractivity contribution in [2.24, 2.45) is 5.92 Å². The van der Waals surface area contributed by atoms with Gasteiger partial charge in [0.2, 0.25) is 0 Å². The van der Waals surface area contributed by atoms with E-state index in [0.717, 1.165) is 67.9 Å². The van der Waals surface area contributed by atoms with Crippen LogP contribution in [0.2, 0.25) is 0 Å². The molecule has 1 saturated heterocycles. The average molecular weight is 403 g/mol. The first-order valence-corrected chi connectivity index (χ1v) is 10.8. The number of piperidine rings is 1. The summed E-state index contributed by atoms with van der Waals surface area (Å²) in [4.78, 5) is 19.6. The predicted octanol–water partition coefficient (Wildman–Crippen LogP) is 4.00. The minimum absolute atomic E-state index is 0.274. The van der Waals surface area contributed by atoms with Gasteiger partial charge in [0.25, 0.3) is 0 Å². The largest absolute Gasteiger partial charge is 0.461 e. The van der Waals surface area contributed by atoms with Crippen molar-refractivity contribution in [3.05, 3.63) is 17.5 Å². The van der Waals surface area contributed by atoms with Gasteiger partial charge >= 0.3 is 5.97 Å². The van der Waals surface area contributed by atoms with Gasteiger partial charge in [-0.3, -0.25) is 0 Å². The molecule has 7 nitrogen and oxygen atoms in total. The summed E-state index contributed by atoms with van der Waals surface area (Å²) in [5, 5.41) is 5.96. The van der Waals surface area contributed by atoms with Crippen molar-refractivity contribution < 1.29 is 14.3 Å². The number of pyridine rings is 1. The van der Waals surface area contributed by atoms with Gasteiger partial charge in [0.15, 0.2) is 11.3 Å². The Morgan fingerprint density at radius 3 is 2.59 bits per heavy atom. The molecule has 1 aliphatic rings. The van der Waals surface area contributed by atoms with Crippen molar-refractivity contribution in [3.63, 3.8) is 0 Å². The number of nitrogens with zero attached hydrogens (tertiary/aromatic N) is 4. The highest BCUT2D eigenvalue weighted by Gasteiger charge is 2.27. The molecular formula is C22H34N4O3. The highest BCUT2D eigenvalue weighted by Crippen LogP contribution is 2.35. The van der Waals surface area contributed by atoms with Crippen molar-refractivity contribution in [2.75, 3.05) is 38.3 Å². The Labute approximate surface area is 173 Å². The lowest BCUT2D eigenvalue weighted by molar-refractivity contribution is 0.0520. The third-order valence-corrected chi connectivity index (χ3v) is 5.53. The molecule has 0 saturated carbocycles. The van der Waals surface area contributed by atoms with Gasteiger partial charge in [-0.1, -0.05) is 20.8 Å². The number of anilines is 1. The van der Waals surface area contributed by atoms with Gasteiger partial charge in [0, 0.05) is 33.4 Å². The van der Waals surface area contributed by atoms with E-state index < -0.39 is 0 Å². The van der Waals surface area contributed by atoms with Crippen LogP contribution in [0.3, 0.4) is 0 Å². The van der Waals surface area contributed by atoms with Gasteiger partial charge in [-0.15, -0.1) is 0 Å². The SMILES string of the molecule is CCCn1nc(C(C)C)c2c(N3CCC(COC)CC3)cc(C(=O)OCC)nc21. The average Bonchev–Trinajstić information content (AvgIpc) is 3.08. The maximum Gasteiger partial charge on any atom is 0.357 e. The van der Waals surface area contributed by atoms with Gasteiger partial charge in [0.05, 0.1) is 23.4 Å². The fourth-order valence-corrected chi connectivity index (χ4v) is 4.09. The first kappa shape index (κ1) is 21.6. The monoisotopic (exact) mass is 402 g/mol. The Kier molecular flexibility index (Phi) is 7.11. The summed E-state index contributed by atoms with van der Waals surface area (Å²) in [5.41, 5.74) is 3.25. The van der Waals surface area contributed by atoms with Crippen LogP contribution in [-0.2, 0) is 16.0 Å². The van der Waals surface area contributed by atoms with Gasteiger partial charge in [-0.25, -0.2) is 14.5 Å². The van der Waals surface area contributed by atoms with Gasteiger partial charge in [-0.05, 0) is 44.1 Å². The van der Waals surface area contributed by atoms with E-state index in [1.807, 2.05) is 17.7 Å². The van der Waals surface area contributed by atoms with Gasteiger partial charge < -0.3 is 14.4 Å². The van der Waals surface area contributed by atoms with Crippen LogP contribution in [-0.4, -0.2) is 54.1 Å². The molecule has 0 spiro atoms. The number of rotatable bonds is 8. The smallest absolute Gasteiger partial charge is 0.357 e. The van der Waals surface area contributed by atoms with Crippen LogP contribution in [0.1, 0.15) is 69.1 Å². The summed E-state index contributed by atoms with van der Waals surface area (Å²) in [6.07, 6.45) is 3.11. The molecule has 0 aliphatic carbocycles. The molecule has 1 fully saturated rings. The molecular weight excluding hydrogens is 368 g/mol. The van der Waals surface area contributed by atoms with E-state index >= 15 is 0 Å². The van der Waals surface area contributed by atoms with Crippen molar-refractivity contribution in [2.45, 2.75) is 59.4 Å². The van der Waals surface area contributed by atoms with Crippen molar-refractivity contribution in [3.8, 4) is 0 Å². The normalized spacial score (nSPS) is 15.4. The molecule has 0 N–H and O–H groups in total. The van der Waals surface area contributed by atoms with Gasteiger partial charge in [0.1, 0.15) is 0 Å². The quantitative estimate of drug-likeness (QED) is 0.622. The molecule has 0 aromatic carbocycles. The number of ether oxygens (including phenoxy) is 2. The molecule has 3 heterocycles. The van der Waals surface area contributed by atoms with E-state index in [4.69, 9.17) is 19.6 Å². The molecule has 1 aliphatic heterocycles. The van der Waals surface area contributed by atoms with E-state index in [2.05, 4.69) is 25.7 Å². The Hall–Kier alpha value is -2.15. The lowest BCUT2D eigenvalue weighted by Crippen LogP contribution is -2.35. The number of carbonyl (C=O) groups is 1. The van der Waals surface area contributed by atoms with Crippen LogP contribution in [0.4, 0.5) is 5.69 Å². The van der Waals surface area contributed by atoms with Crippen LogP contribution in [0, 0.1) is 5.92 Å². The van der Waals surface area contributed by atoms with Crippen LogP contribution < -0.4 is 4.90 Å². The maximum atomic E-state index is 12.5. The Bertz CT molecular complexity index is 838. The summed E-state index contributed by atoms with van der Waals surface area (Å²) < 4.78 is 12.6. The molecule has 0 atom stereocenters. The van der Waals surface area contributed by atoms with E-state index in [-0.39, 0.29) is 11.9 Å². The van der Waals surface area contributed by atoms with Crippen molar-refractivity contribution in [1.82, 2.24) is 14.8 Å². The minimum Gasteiger partial charge on any atom is -0.461 e. The number of fused-ring (bicyclic) bond motifs is 1. The predicted molar refractivity (Wildman–Crippen MR) is 115 cm³/mol. The number of aryl methyl sites for hydroxylation is 1. The Morgan fingerprint density at radius 2 is 2.00 bits per heavy atom. The second-order valence-electron chi connectivity index (χ2n) is 8.09. The van der Waals surface area contributed by atoms with Crippen molar-refractivity contribution in [1.29, 1.82) is 0 Å². The van der Waals surface area contributed by atoms with Crippen LogP contribution >= 0.6 is 0 Å². The summed E-state index contributed by atoms with van der Waals surface area (Å²) in [6, 6.07) is 1.90. The van der Waals surface area contributed by atoms with Crippen LogP contribution in [0.5, 0.6) is 0 Å². The molecule has 0 bridgehead atoms. The highest BCUT2D eigenvalue weighted by atomic mass is 16.5. The molecule has 0 amide bonds. The van der Waals surface area contributed by atoms with Crippen LogP contribution in [0.15, 0.2) is 6.07 Å². The lowest BCUT2D eigenvalue weighted by Gasteiger charge is -2.34. The van der Waals surface area contributed by atoms with E-state index in [0.29, 0.717) is 18.2 Å². The van der Waals surface area contributed by atoms with Crippen LogP contribution in [0.25, 0.3) is 11.0 Å².